The van der Waals surface area contributed by atoms with Gasteiger partial charge in [0.1, 0.15) is 17.0 Å². The van der Waals surface area contributed by atoms with Crippen LogP contribution in [0.5, 0.6) is 5.88 Å². The van der Waals surface area contributed by atoms with Gasteiger partial charge in [-0.2, -0.15) is 4.98 Å². The first-order chi connectivity index (χ1) is 16.4. The first kappa shape index (κ1) is 22.1. The number of fused-ring (bicyclic) bond motifs is 2. The highest BCUT2D eigenvalue weighted by Crippen LogP contribution is 2.46. The molecule has 1 saturated heterocycles. The number of nitrogens with zero attached hydrogens (tertiary/aromatic N) is 5. The molecule has 1 unspecified atom stereocenters. The zero-order chi connectivity index (χ0) is 24.0. The van der Waals surface area contributed by atoms with Crippen LogP contribution >= 0.6 is 11.8 Å². The number of hydrogen-bond donors (Lipinski definition) is 2. The molecule has 0 radical (unpaired) electrons. The zero-order valence-electron chi connectivity index (χ0n) is 18.6. The van der Waals surface area contributed by atoms with Gasteiger partial charge >= 0.3 is 17.8 Å². The highest BCUT2D eigenvalue weighted by Gasteiger charge is 2.41. The number of aryl methyl sites for hydroxylation is 1. The molecule has 12 nitrogen and oxygen atoms in total. The lowest BCUT2D eigenvalue weighted by molar-refractivity contribution is 0.0817. The van der Waals surface area contributed by atoms with E-state index >= 15 is 0 Å². The molecule has 3 aromatic rings. The molecule has 3 N–H and O–H groups in total. The Labute approximate surface area is 198 Å². The lowest BCUT2D eigenvalue weighted by Crippen LogP contribution is -2.46. The summed E-state index contributed by atoms with van der Waals surface area (Å²) in [4.78, 5) is 51.3. The maximum absolute atomic E-state index is 12.9. The maximum Gasteiger partial charge on any atom is 0.412 e. The van der Waals surface area contributed by atoms with Crippen LogP contribution in [0.1, 0.15) is 24.4 Å². The molecular weight excluding hydrogens is 462 g/mol. The molecule has 4 heterocycles. The third kappa shape index (κ3) is 3.71. The quantitative estimate of drug-likeness (QED) is 0.536. The molecular formula is C21H23N7O5S. The highest BCUT2D eigenvalue weighted by atomic mass is 32.2. The molecule has 2 aliphatic rings. The Balaban J connectivity index is 1.28. The number of thioether (sulfide) groups is 1. The summed E-state index contributed by atoms with van der Waals surface area (Å²) >= 11 is 1.07. The summed E-state index contributed by atoms with van der Waals surface area (Å²) in [6.45, 7) is 2.78. The molecule has 34 heavy (non-hydrogen) atoms. The molecule has 2 aromatic heterocycles. The first-order valence-electron chi connectivity index (χ1n) is 10.7. The van der Waals surface area contributed by atoms with Crippen molar-refractivity contribution < 1.29 is 19.1 Å². The van der Waals surface area contributed by atoms with Crippen LogP contribution in [-0.4, -0.2) is 62.3 Å². The van der Waals surface area contributed by atoms with Gasteiger partial charge in [-0.3, -0.25) is 4.57 Å². The number of nitrogens with two attached hydrogens (primary N) is 1. The average molecular weight is 486 g/mol. The van der Waals surface area contributed by atoms with Crippen molar-refractivity contribution in [3.8, 4) is 5.88 Å². The van der Waals surface area contributed by atoms with Crippen LogP contribution in [0.25, 0.3) is 11.0 Å². The number of likely N-dealkylation sites (tertiary alicyclic amines) is 1. The van der Waals surface area contributed by atoms with Gasteiger partial charge in [-0.15, -0.1) is 0 Å². The molecule has 1 fully saturated rings. The molecule has 0 saturated carbocycles. The number of anilines is 1. The summed E-state index contributed by atoms with van der Waals surface area (Å²) in [5.41, 5.74) is 7.35. The number of nitrogens with one attached hydrogen (secondary N) is 1. The predicted molar refractivity (Wildman–Crippen MR) is 124 cm³/mol. The van der Waals surface area contributed by atoms with Crippen LogP contribution in [0.4, 0.5) is 15.3 Å². The second-order valence-electron chi connectivity index (χ2n) is 8.09. The standard InChI is InChI=1S/C21H23N7O5S/c1-11-3-4-14-13(9-11)25-19(30)27(14)12-5-7-26(8-6-12)20(31)33-21-28(18(22)29)15-16(32-2)23-10-24-17(15)34-21/h3-4,9-10,12,21H,5-8H2,1-2H3,(H2,22,29)(H,25,30). The van der Waals surface area contributed by atoms with Gasteiger partial charge in [-0.1, -0.05) is 6.07 Å². The number of carbonyl (C=O) groups is 2. The van der Waals surface area contributed by atoms with Gasteiger partial charge in [0, 0.05) is 19.1 Å². The summed E-state index contributed by atoms with van der Waals surface area (Å²) in [6, 6.07) is 5.00. The number of piperidine rings is 1. The largest absolute Gasteiger partial charge is 0.479 e. The molecule has 1 aromatic carbocycles. The van der Waals surface area contributed by atoms with Crippen molar-refractivity contribution in [3.63, 3.8) is 0 Å². The second-order valence-corrected chi connectivity index (χ2v) is 9.12. The van der Waals surface area contributed by atoms with Gasteiger partial charge in [-0.25, -0.2) is 24.3 Å². The Morgan fingerprint density at radius 1 is 1.24 bits per heavy atom. The highest BCUT2D eigenvalue weighted by molar-refractivity contribution is 8.00. The third-order valence-electron chi connectivity index (χ3n) is 6.01. The van der Waals surface area contributed by atoms with Crippen LogP contribution in [0.3, 0.4) is 0 Å². The van der Waals surface area contributed by atoms with Crippen molar-refractivity contribution >= 4 is 40.6 Å². The van der Waals surface area contributed by atoms with E-state index in [4.69, 9.17) is 15.2 Å². The molecule has 13 heteroatoms. The number of carbonyl (C=O) groups excluding carboxylic acids is 2. The fraction of sp³-hybridized carbons (Fsp3) is 0.381. The van der Waals surface area contributed by atoms with E-state index in [2.05, 4.69) is 15.0 Å². The number of rotatable bonds is 3. The normalized spacial score (nSPS) is 18.2. The minimum Gasteiger partial charge on any atom is -0.479 e. The van der Waals surface area contributed by atoms with E-state index in [0.717, 1.165) is 33.3 Å². The number of primary amides is 1. The van der Waals surface area contributed by atoms with Crippen LogP contribution in [-0.2, 0) is 4.74 Å². The predicted octanol–water partition coefficient (Wildman–Crippen LogP) is 2.18. The van der Waals surface area contributed by atoms with Crippen molar-refractivity contribution in [2.24, 2.45) is 5.73 Å². The van der Waals surface area contributed by atoms with Crippen LogP contribution in [0.15, 0.2) is 34.3 Å². The molecule has 1 atom stereocenters. The van der Waals surface area contributed by atoms with Crippen LogP contribution in [0.2, 0.25) is 0 Å². The summed E-state index contributed by atoms with van der Waals surface area (Å²) < 4.78 is 12.6. The molecule has 5 rings (SSSR count). The molecule has 0 bridgehead atoms. The Hall–Kier alpha value is -3.74. The Bertz CT molecular complexity index is 1330. The van der Waals surface area contributed by atoms with E-state index in [1.165, 1.54) is 13.4 Å². The topological polar surface area (TPSA) is 149 Å². The number of urea groups is 1. The summed E-state index contributed by atoms with van der Waals surface area (Å²) in [5, 5.41) is 0.427. The van der Waals surface area contributed by atoms with Gasteiger partial charge in [0.25, 0.3) is 0 Å². The third-order valence-corrected chi connectivity index (χ3v) is 7.04. The Morgan fingerprint density at radius 3 is 2.71 bits per heavy atom. The van der Waals surface area contributed by atoms with E-state index in [1.54, 1.807) is 9.47 Å². The molecule has 2 aliphatic heterocycles. The van der Waals surface area contributed by atoms with Gasteiger partial charge in [-0.05, 0) is 49.2 Å². The van der Waals surface area contributed by atoms with Gasteiger partial charge in [0.05, 0.1) is 18.1 Å². The number of imidazole rings is 1. The number of amides is 3. The summed E-state index contributed by atoms with van der Waals surface area (Å²) in [6.07, 6.45) is 1.90. The maximum atomic E-state index is 12.9. The summed E-state index contributed by atoms with van der Waals surface area (Å²) in [5.74, 6) is 0.162. The number of benzene rings is 1. The molecule has 3 amide bonds. The van der Waals surface area contributed by atoms with Crippen molar-refractivity contribution in [1.29, 1.82) is 0 Å². The molecule has 0 aliphatic carbocycles. The van der Waals surface area contributed by atoms with E-state index in [9.17, 15) is 14.4 Å². The van der Waals surface area contributed by atoms with E-state index in [1.807, 2.05) is 25.1 Å². The lowest BCUT2D eigenvalue weighted by Gasteiger charge is -2.33. The van der Waals surface area contributed by atoms with Crippen molar-refractivity contribution in [3.05, 3.63) is 40.6 Å². The van der Waals surface area contributed by atoms with E-state index in [0.29, 0.717) is 31.0 Å². The minimum absolute atomic E-state index is 0.0419. The van der Waals surface area contributed by atoms with Crippen molar-refractivity contribution in [1.82, 2.24) is 24.4 Å². The number of ether oxygens (including phenoxy) is 2. The fourth-order valence-electron chi connectivity index (χ4n) is 4.41. The minimum atomic E-state index is -1.03. The number of aromatic amines is 1. The van der Waals surface area contributed by atoms with Crippen LogP contribution < -0.4 is 21.1 Å². The number of H-pyrrole nitrogens is 1. The van der Waals surface area contributed by atoms with Crippen molar-refractivity contribution in [2.75, 3.05) is 25.1 Å². The smallest absolute Gasteiger partial charge is 0.412 e. The summed E-state index contributed by atoms with van der Waals surface area (Å²) in [7, 11) is 1.41. The Kier molecular flexibility index (Phi) is 5.55. The number of hydrogen-bond acceptors (Lipinski definition) is 8. The lowest BCUT2D eigenvalue weighted by atomic mass is 10.0. The Morgan fingerprint density at radius 2 is 2.00 bits per heavy atom. The van der Waals surface area contributed by atoms with E-state index in [-0.39, 0.29) is 23.3 Å². The number of aromatic nitrogens is 4. The van der Waals surface area contributed by atoms with Gasteiger partial charge in [0.2, 0.25) is 11.4 Å². The fourth-order valence-corrected chi connectivity index (χ4v) is 5.45. The first-order valence-corrected chi connectivity index (χ1v) is 11.6. The van der Waals surface area contributed by atoms with E-state index < -0.39 is 17.7 Å². The number of methoxy groups -OCH3 is 1. The molecule has 0 spiro atoms. The monoisotopic (exact) mass is 485 g/mol. The van der Waals surface area contributed by atoms with Crippen LogP contribution in [0, 0.1) is 6.92 Å². The SMILES string of the molecule is COc1ncnc2c1N(C(N)=O)C(OC(=O)N1CCC(n3c(=O)[nH]c4cc(C)ccc43)CC1)S2. The van der Waals surface area contributed by atoms with Gasteiger partial charge in [0.15, 0.2) is 0 Å². The average Bonchev–Trinajstić information content (AvgIpc) is 3.34. The molecule has 178 valence electrons. The van der Waals surface area contributed by atoms with Crippen molar-refractivity contribution in [2.45, 2.75) is 36.4 Å². The van der Waals surface area contributed by atoms with Gasteiger partial charge < -0.3 is 25.1 Å². The zero-order valence-corrected chi connectivity index (χ0v) is 19.4. The second kappa shape index (κ2) is 8.56.